The van der Waals surface area contributed by atoms with E-state index in [2.05, 4.69) is 24.3 Å². The van der Waals surface area contributed by atoms with Gasteiger partial charge in [-0.15, -0.1) is 0 Å². The van der Waals surface area contributed by atoms with Crippen LogP contribution in [0, 0.1) is 13.8 Å². The smallest absolute Gasteiger partial charge is 0.137 e. The molecule has 1 N–H and O–H groups in total. The molecule has 1 aromatic carbocycles. The SMILES string of the molecule is CNC(Cc1c(C)nn(C)c1C)c1ccc(Cl)c(OC)c1. The van der Waals surface area contributed by atoms with E-state index in [1.807, 2.05) is 37.0 Å². The number of aryl methyl sites for hydroxylation is 2. The minimum absolute atomic E-state index is 0.192. The van der Waals surface area contributed by atoms with E-state index in [9.17, 15) is 0 Å². The lowest BCUT2D eigenvalue weighted by atomic mass is 9.97. The van der Waals surface area contributed by atoms with Crippen LogP contribution in [0.25, 0.3) is 0 Å². The van der Waals surface area contributed by atoms with Crippen LogP contribution in [-0.2, 0) is 13.5 Å². The van der Waals surface area contributed by atoms with Crippen molar-refractivity contribution in [1.29, 1.82) is 0 Å². The van der Waals surface area contributed by atoms with E-state index >= 15 is 0 Å². The first-order valence-electron chi connectivity index (χ1n) is 6.97. The largest absolute Gasteiger partial charge is 0.495 e. The molecule has 0 aliphatic rings. The number of hydrogen-bond donors (Lipinski definition) is 1. The third-order valence-electron chi connectivity index (χ3n) is 3.99. The second-order valence-corrected chi connectivity index (χ2v) is 5.62. The number of halogens is 1. The van der Waals surface area contributed by atoms with E-state index < -0.39 is 0 Å². The molecule has 1 atom stereocenters. The summed E-state index contributed by atoms with van der Waals surface area (Å²) < 4.78 is 7.24. The number of hydrogen-bond acceptors (Lipinski definition) is 3. The van der Waals surface area contributed by atoms with Crippen LogP contribution in [-0.4, -0.2) is 23.9 Å². The minimum atomic E-state index is 0.192. The normalized spacial score (nSPS) is 12.5. The van der Waals surface area contributed by atoms with E-state index in [-0.39, 0.29) is 6.04 Å². The summed E-state index contributed by atoms with van der Waals surface area (Å²) in [5, 5.41) is 8.48. The number of methoxy groups -OCH3 is 1. The maximum absolute atomic E-state index is 6.10. The number of nitrogens with zero attached hydrogens (tertiary/aromatic N) is 2. The van der Waals surface area contributed by atoms with E-state index in [0.717, 1.165) is 17.7 Å². The van der Waals surface area contributed by atoms with Gasteiger partial charge in [0.15, 0.2) is 0 Å². The first kappa shape index (κ1) is 15.9. The highest BCUT2D eigenvalue weighted by atomic mass is 35.5. The number of likely N-dealkylation sites (N-methyl/N-ethyl adjacent to an activating group) is 1. The van der Waals surface area contributed by atoms with Crippen LogP contribution >= 0.6 is 11.6 Å². The van der Waals surface area contributed by atoms with Gasteiger partial charge in [-0.25, -0.2) is 0 Å². The van der Waals surface area contributed by atoms with Crippen molar-refractivity contribution in [2.24, 2.45) is 7.05 Å². The second-order valence-electron chi connectivity index (χ2n) is 5.21. The summed E-state index contributed by atoms with van der Waals surface area (Å²) in [6.07, 6.45) is 0.882. The summed E-state index contributed by atoms with van der Waals surface area (Å²) >= 11 is 6.10. The van der Waals surface area contributed by atoms with Gasteiger partial charge in [-0.05, 0) is 50.6 Å². The molecule has 114 valence electrons. The fraction of sp³-hybridized carbons (Fsp3) is 0.438. The van der Waals surface area contributed by atoms with Gasteiger partial charge in [0.25, 0.3) is 0 Å². The molecule has 1 heterocycles. The molecule has 0 aliphatic heterocycles. The Bertz CT molecular complexity index is 637. The molecule has 4 nitrogen and oxygen atoms in total. The molecule has 2 rings (SSSR count). The molecule has 0 amide bonds. The zero-order valence-corrected chi connectivity index (χ0v) is 14.0. The number of ether oxygens (including phenoxy) is 1. The molecular formula is C16H22ClN3O. The van der Waals surface area contributed by atoms with Gasteiger partial charge in [-0.2, -0.15) is 5.10 Å². The summed E-state index contributed by atoms with van der Waals surface area (Å²) in [7, 11) is 5.58. The van der Waals surface area contributed by atoms with Crippen molar-refractivity contribution in [3.63, 3.8) is 0 Å². The Hall–Kier alpha value is -1.52. The molecule has 0 aliphatic carbocycles. The molecule has 1 unspecified atom stereocenters. The molecule has 0 fully saturated rings. The summed E-state index contributed by atoms with van der Waals surface area (Å²) in [6.45, 7) is 4.15. The van der Waals surface area contributed by atoms with Crippen LogP contribution in [0.1, 0.15) is 28.6 Å². The number of benzene rings is 1. The Labute approximate surface area is 131 Å². The molecule has 0 spiro atoms. The molecule has 1 aromatic heterocycles. The average molecular weight is 308 g/mol. The van der Waals surface area contributed by atoms with Gasteiger partial charge in [0.1, 0.15) is 5.75 Å². The Morgan fingerprint density at radius 1 is 1.38 bits per heavy atom. The van der Waals surface area contributed by atoms with Crippen LogP contribution in [0.3, 0.4) is 0 Å². The zero-order chi connectivity index (χ0) is 15.6. The lowest BCUT2D eigenvalue weighted by Crippen LogP contribution is -2.19. The van der Waals surface area contributed by atoms with Crippen molar-refractivity contribution >= 4 is 11.6 Å². The number of nitrogens with one attached hydrogen (secondary N) is 1. The van der Waals surface area contributed by atoms with E-state index in [0.29, 0.717) is 10.8 Å². The van der Waals surface area contributed by atoms with Gasteiger partial charge in [-0.1, -0.05) is 17.7 Å². The van der Waals surface area contributed by atoms with Crippen LogP contribution in [0.5, 0.6) is 5.75 Å². The van der Waals surface area contributed by atoms with Gasteiger partial charge in [-0.3, -0.25) is 4.68 Å². The van der Waals surface area contributed by atoms with Gasteiger partial charge in [0.2, 0.25) is 0 Å². The number of aromatic nitrogens is 2. The summed E-state index contributed by atoms with van der Waals surface area (Å²) in [5.41, 5.74) is 4.72. The fourth-order valence-electron chi connectivity index (χ4n) is 2.60. The molecule has 0 bridgehead atoms. The van der Waals surface area contributed by atoms with Gasteiger partial charge < -0.3 is 10.1 Å². The topological polar surface area (TPSA) is 39.1 Å². The van der Waals surface area contributed by atoms with E-state index in [1.54, 1.807) is 7.11 Å². The van der Waals surface area contributed by atoms with Crippen molar-refractivity contribution in [2.45, 2.75) is 26.3 Å². The van der Waals surface area contributed by atoms with Gasteiger partial charge in [0.05, 0.1) is 17.8 Å². The minimum Gasteiger partial charge on any atom is -0.495 e. The van der Waals surface area contributed by atoms with Crippen molar-refractivity contribution < 1.29 is 4.74 Å². The fourth-order valence-corrected chi connectivity index (χ4v) is 2.79. The lowest BCUT2D eigenvalue weighted by molar-refractivity contribution is 0.413. The third kappa shape index (κ3) is 3.22. The highest BCUT2D eigenvalue weighted by Crippen LogP contribution is 2.29. The second kappa shape index (κ2) is 6.50. The molecule has 5 heteroatoms. The highest BCUT2D eigenvalue weighted by Gasteiger charge is 2.17. The molecule has 0 saturated heterocycles. The van der Waals surface area contributed by atoms with E-state index in [4.69, 9.17) is 16.3 Å². The van der Waals surface area contributed by atoms with Crippen molar-refractivity contribution in [3.05, 3.63) is 45.7 Å². The highest BCUT2D eigenvalue weighted by molar-refractivity contribution is 6.32. The number of rotatable bonds is 5. The van der Waals surface area contributed by atoms with Crippen LogP contribution in [0.2, 0.25) is 5.02 Å². The predicted molar refractivity (Wildman–Crippen MR) is 86.2 cm³/mol. The monoisotopic (exact) mass is 307 g/mol. The summed E-state index contributed by atoms with van der Waals surface area (Å²) in [5.74, 6) is 0.703. The zero-order valence-electron chi connectivity index (χ0n) is 13.2. The first-order chi connectivity index (χ1) is 9.97. The van der Waals surface area contributed by atoms with Crippen molar-refractivity contribution in [2.75, 3.05) is 14.2 Å². The van der Waals surface area contributed by atoms with Crippen molar-refractivity contribution in [3.8, 4) is 5.75 Å². The molecule has 21 heavy (non-hydrogen) atoms. The van der Waals surface area contributed by atoms with Gasteiger partial charge in [0, 0.05) is 18.8 Å². The average Bonchev–Trinajstić information content (AvgIpc) is 2.71. The Balaban J connectivity index is 2.32. The van der Waals surface area contributed by atoms with Crippen LogP contribution in [0.15, 0.2) is 18.2 Å². The molecule has 2 aromatic rings. The van der Waals surface area contributed by atoms with Crippen LogP contribution < -0.4 is 10.1 Å². The Kier molecular flexibility index (Phi) is 4.91. The maximum Gasteiger partial charge on any atom is 0.137 e. The molecule has 0 saturated carbocycles. The Morgan fingerprint density at radius 2 is 2.10 bits per heavy atom. The summed E-state index contributed by atoms with van der Waals surface area (Å²) in [4.78, 5) is 0. The predicted octanol–water partition coefficient (Wildman–Crippen LogP) is 3.20. The van der Waals surface area contributed by atoms with E-state index in [1.165, 1.54) is 11.3 Å². The molecular weight excluding hydrogens is 286 g/mol. The quantitative estimate of drug-likeness (QED) is 0.922. The molecule has 0 radical (unpaired) electrons. The third-order valence-corrected chi connectivity index (χ3v) is 4.31. The van der Waals surface area contributed by atoms with Crippen LogP contribution in [0.4, 0.5) is 0 Å². The first-order valence-corrected chi connectivity index (χ1v) is 7.35. The standard InChI is InChI=1S/C16H22ClN3O/c1-10-13(11(2)20(4)19-10)9-15(18-3)12-6-7-14(17)16(8-12)21-5/h6-8,15,18H,9H2,1-5H3. The van der Waals surface area contributed by atoms with Crippen molar-refractivity contribution in [1.82, 2.24) is 15.1 Å². The maximum atomic E-state index is 6.10. The Morgan fingerprint density at radius 3 is 2.62 bits per heavy atom. The van der Waals surface area contributed by atoms with Gasteiger partial charge >= 0.3 is 0 Å². The lowest BCUT2D eigenvalue weighted by Gasteiger charge is -2.18. The summed E-state index contributed by atoms with van der Waals surface area (Å²) in [6, 6.07) is 6.10.